The summed E-state index contributed by atoms with van der Waals surface area (Å²) >= 11 is 0. The summed E-state index contributed by atoms with van der Waals surface area (Å²) in [5, 5.41) is 0. The lowest BCUT2D eigenvalue weighted by Gasteiger charge is -2.25. The fourth-order valence-corrected chi connectivity index (χ4v) is 1.23. The Hall–Kier alpha value is -0.870. The number of rotatable bonds is 1. The topological polar surface area (TPSA) is 29.5 Å². The second-order valence-electron chi connectivity index (χ2n) is 2.69. The Labute approximate surface area is 69.3 Å². The van der Waals surface area contributed by atoms with Gasteiger partial charge in [0, 0.05) is 13.1 Å². The van der Waals surface area contributed by atoms with Crippen molar-refractivity contribution in [2.45, 2.75) is 25.9 Å². The van der Waals surface area contributed by atoms with Crippen molar-refractivity contribution in [1.29, 1.82) is 0 Å². The summed E-state index contributed by atoms with van der Waals surface area (Å²) in [5.74, 6) is 0. The third kappa shape index (κ3) is 2.64. The zero-order valence-electron chi connectivity index (χ0n) is 6.63. The standard InChI is InChI=1S/C7H11F2NO2/c8-6(9)12-7(11)10-4-2-1-3-5-10/h6H,1-5H2. The Morgan fingerprint density at radius 2 is 1.83 bits per heavy atom. The van der Waals surface area contributed by atoms with Crippen LogP contribution in [0.4, 0.5) is 13.6 Å². The monoisotopic (exact) mass is 179 g/mol. The van der Waals surface area contributed by atoms with E-state index in [0.717, 1.165) is 19.3 Å². The fourth-order valence-electron chi connectivity index (χ4n) is 1.23. The highest BCUT2D eigenvalue weighted by atomic mass is 19.3. The van der Waals surface area contributed by atoms with Crippen molar-refractivity contribution in [3.63, 3.8) is 0 Å². The summed E-state index contributed by atoms with van der Waals surface area (Å²) in [6.45, 7) is -1.93. The Bertz CT molecular complexity index is 157. The average molecular weight is 179 g/mol. The number of carbonyl (C=O) groups is 1. The number of hydrogen-bond donors (Lipinski definition) is 0. The van der Waals surface area contributed by atoms with Gasteiger partial charge >= 0.3 is 12.7 Å². The van der Waals surface area contributed by atoms with Crippen molar-refractivity contribution in [2.24, 2.45) is 0 Å². The molecular formula is C7H11F2NO2. The third-order valence-corrected chi connectivity index (χ3v) is 1.80. The van der Waals surface area contributed by atoms with Crippen LogP contribution in [0.15, 0.2) is 0 Å². The second kappa shape index (κ2) is 4.23. The Kier molecular flexibility index (Phi) is 3.25. The van der Waals surface area contributed by atoms with Crippen molar-refractivity contribution in [3.05, 3.63) is 0 Å². The van der Waals surface area contributed by atoms with Gasteiger partial charge in [0.2, 0.25) is 0 Å². The molecule has 0 saturated carbocycles. The number of halogens is 2. The summed E-state index contributed by atoms with van der Waals surface area (Å²) in [6.07, 6.45) is 1.90. The third-order valence-electron chi connectivity index (χ3n) is 1.80. The number of ether oxygens (including phenoxy) is 1. The molecule has 0 atom stereocenters. The van der Waals surface area contributed by atoms with E-state index in [9.17, 15) is 13.6 Å². The number of carbonyl (C=O) groups excluding carboxylic acids is 1. The normalized spacial score (nSPS) is 18.1. The van der Waals surface area contributed by atoms with Gasteiger partial charge in [-0.05, 0) is 19.3 Å². The average Bonchev–Trinajstić information content (AvgIpc) is 2.05. The first-order valence-electron chi connectivity index (χ1n) is 3.94. The van der Waals surface area contributed by atoms with Crippen LogP contribution in [0.5, 0.6) is 0 Å². The quantitative estimate of drug-likeness (QED) is 0.614. The highest BCUT2D eigenvalue weighted by Crippen LogP contribution is 2.11. The summed E-state index contributed by atoms with van der Waals surface area (Å²) < 4.78 is 26.9. The van der Waals surface area contributed by atoms with Gasteiger partial charge in [-0.25, -0.2) is 4.79 Å². The van der Waals surface area contributed by atoms with Gasteiger partial charge in [-0.15, -0.1) is 0 Å². The van der Waals surface area contributed by atoms with Gasteiger partial charge in [-0.2, -0.15) is 8.78 Å². The van der Waals surface area contributed by atoms with Gasteiger partial charge < -0.3 is 9.64 Å². The van der Waals surface area contributed by atoms with E-state index in [-0.39, 0.29) is 0 Å². The lowest BCUT2D eigenvalue weighted by Crippen LogP contribution is -2.36. The van der Waals surface area contributed by atoms with Crippen molar-refractivity contribution in [1.82, 2.24) is 4.90 Å². The number of hydrogen-bond acceptors (Lipinski definition) is 2. The van der Waals surface area contributed by atoms with Gasteiger partial charge in [0.15, 0.2) is 0 Å². The minimum atomic E-state index is -3.00. The SMILES string of the molecule is O=C(OC(F)F)N1CCCCC1. The molecule has 1 aliphatic rings. The number of alkyl halides is 2. The smallest absolute Gasteiger partial charge is 0.386 e. The fraction of sp³-hybridized carbons (Fsp3) is 0.857. The van der Waals surface area contributed by atoms with Gasteiger partial charge in [-0.3, -0.25) is 0 Å². The molecule has 0 aromatic heterocycles. The second-order valence-corrected chi connectivity index (χ2v) is 2.69. The van der Waals surface area contributed by atoms with E-state index in [1.54, 1.807) is 0 Å². The van der Waals surface area contributed by atoms with Crippen LogP contribution < -0.4 is 0 Å². The first-order valence-corrected chi connectivity index (χ1v) is 3.94. The van der Waals surface area contributed by atoms with Crippen molar-refractivity contribution in [2.75, 3.05) is 13.1 Å². The van der Waals surface area contributed by atoms with E-state index < -0.39 is 12.7 Å². The molecule has 1 heterocycles. The molecule has 1 aliphatic heterocycles. The minimum absolute atomic E-state index is 0.533. The largest absolute Gasteiger partial charge is 0.414 e. The summed E-state index contributed by atoms with van der Waals surface area (Å²) in [5.41, 5.74) is 0. The zero-order chi connectivity index (χ0) is 8.97. The molecule has 70 valence electrons. The van der Waals surface area contributed by atoms with Crippen LogP contribution >= 0.6 is 0 Å². The molecule has 12 heavy (non-hydrogen) atoms. The molecule has 1 saturated heterocycles. The number of nitrogens with zero attached hydrogens (tertiary/aromatic N) is 1. The Morgan fingerprint density at radius 3 is 2.33 bits per heavy atom. The van der Waals surface area contributed by atoms with Crippen LogP contribution in [-0.4, -0.2) is 30.7 Å². The molecular weight excluding hydrogens is 168 g/mol. The molecule has 0 aromatic rings. The van der Waals surface area contributed by atoms with Gasteiger partial charge in [-0.1, -0.05) is 0 Å². The molecule has 0 spiro atoms. The maximum Gasteiger partial charge on any atom is 0.414 e. The van der Waals surface area contributed by atoms with E-state index in [2.05, 4.69) is 4.74 Å². The Morgan fingerprint density at radius 1 is 1.25 bits per heavy atom. The van der Waals surface area contributed by atoms with Crippen molar-refractivity contribution in [3.8, 4) is 0 Å². The molecule has 1 amide bonds. The lowest BCUT2D eigenvalue weighted by molar-refractivity contribution is -0.0929. The number of likely N-dealkylation sites (tertiary alicyclic amines) is 1. The number of amides is 1. The predicted octanol–water partition coefficient (Wildman–Crippen LogP) is 1.83. The van der Waals surface area contributed by atoms with Crippen LogP contribution in [-0.2, 0) is 4.74 Å². The summed E-state index contributed by atoms with van der Waals surface area (Å²) in [6, 6.07) is 0. The highest BCUT2D eigenvalue weighted by molar-refractivity contribution is 5.67. The van der Waals surface area contributed by atoms with Gasteiger partial charge in [0.05, 0.1) is 0 Å². The number of piperidine rings is 1. The van der Waals surface area contributed by atoms with Crippen LogP contribution in [0, 0.1) is 0 Å². The lowest BCUT2D eigenvalue weighted by atomic mass is 10.1. The van der Waals surface area contributed by atoms with Crippen molar-refractivity contribution < 1.29 is 18.3 Å². The van der Waals surface area contributed by atoms with Gasteiger partial charge in [0.25, 0.3) is 0 Å². The van der Waals surface area contributed by atoms with Crippen LogP contribution in [0.25, 0.3) is 0 Å². The maximum absolute atomic E-state index is 11.6. The molecule has 0 unspecified atom stereocenters. The zero-order valence-corrected chi connectivity index (χ0v) is 6.63. The van der Waals surface area contributed by atoms with Crippen LogP contribution in [0.1, 0.15) is 19.3 Å². The summed E-state index contributed by atoms with van der Waals surface area (Å²) in [7, 11) is 0. The van der Waals surface area contributed by atoms with E-state index in [0.29, 0.717) is 13.1 Å². The minimum Gasteiger partial charge on any atom is -0.386 e. The van der Waals surface area contributed by atoms with E-state index in [1.165, 1.54) is 4.90 Å². The summed E-state index contributed by atoms with van der Waals surface area (Å²) in [4.78, 5) is 12.1. The Balaban J connectivity index is 2.30. The van der Waals surface area contributed by atoms with Crippen LogP contribution in [0.2, 0.25) is 0 Å². The van der Waals surface area contributed by atoms with Gasteiger partial charge in [0.1, 0.15) is 0 Å². The van der Waals surface area contributed by atoms with Crippen molar-refractivity contribution >= 4 is 6.09 Å². The molecule has 1 rings (SSSR count). The predicted molar refractivity (Wildman–Crippen MR) is 37.9 cm³/mol. The molecule has 0 radical (unpaired) electrons. The first kappa shape index (κ1) is 9.22. The van der Waals surface area contributed by atoms with Crippen LogP contribution in [0.3, 0.4) is 0 Å². The molecule has 0 N–H and O–H groups in total. The molecule has 1 fully saturated rings. The van der Waals surface area contributed by atoms with E-state index >= 15 is 0 Å². The maximum atomic E-state index is 11.6. The molecule has 0 aliphatic carbocycles. The highest BCUT2D eigenvalue weighted by Gasteiger charge is 2.20. The van der Waals surface area contributed by atoms with E-state index in [1.807, 2.05) is 0 Å². The molecule has 3 nitrogen and oxygen atoms in total. The molecule has 5 heteroatoms. The first-order chi connectivity index (χ1) is 5.70. The van der Waals surface area contributed by atoms with E-state index in [4.69, 9.17) is 0 Å². The molecule has 0 aromatic carbocycles. The molecule has 0 bridgehead atoms.